The number of benzene rings is 1. The fraction of sp³-hybridized carbons (Fsp3) is 0.467. The molecule has 1 heterocycles. The van der Waals surface area contributed by atoms with Crippen LogP contribution in [0.25, 0.3) is 0 Å². The molecule has 1 aliphatic heterocycles. The number of carbonyl (C=O) groups is 2. The predicted octanol–water partition coefficient (Wildman–Crippen LogP) is 0.597. The molecular weight excluding hydrogens is 320 g/mol. The molecule has 1 amide bonds. The molecule has 1 aromatic carbocycles. The molecule has 1 saturated heterocycles. The Bertz CT molecular complexity index is 684. The summed E-state index contributed by atoms with van der Waals surface area (Å²) >= 11 is 0. The van der Waals surface area contributed by atoms with Crippen molar-refractivity contribution in [2.24, 2.45) is 5.92 Å². The van der Waals surface area contributed by atoms with Gasteiger partial charge in [-0.15, -0.1) is 0 Å². The number of sulfonamides is 1. The van der Waals surface area contributed by atoms with Crippen molar-refractivity contribution in [3.63, 3.8) is 0 Å². The number of carbonyl (C=O) groups excluding carboxylic acids is 1. The van der Waals surface area contributed by atoms with Crippen LogP contribution in [0.2, 0.25) is 0 Å². The molecular formula is C15H20N2O5S. The van der Waals surface area contributed by atoms with E-state index in [1.807, 2.05) is 6.92 Å². The number of rotatable bonds is 5. The van der Waals surface area contributed by atoms with Gasteiger partial charge in [0.2, 0.25) is 15.9 Å². The number of aliphatic carboxylic acids is 1. The van der Waals surface area contributed by atoms with Gasteiger partial charge in [-0.2, -0.15) is 4.31 Å². The monoisotopic (exact) mass is 340 g/mol. The van der Waals surface area contributed by atoms with Gasteiger partial charge in [-0.25, -0.2) is 8.42 Å². The number of nitrogens with zero attached hydrogens (tertiary/aromatic N) is 1. The Balaban J connectivity index is 2.09. The quantitative estimate of drug-likeness (QED) is 0.817. The molecule has 0 aromatic heterocycles. The maximum absolute atomic E-state index is 12.6. The Hall–Kier alpha value is -1.93. The number of amides is 1. The minimum Gasteiger partial charge on any atom is -0.480 e. The summed E-state index contributed by atoms with van der Waals surface area (Å²) in [6, 6.07) is 6.57. The van der Waals surface area contributed by atoms with Crippen LogP contribution in [0.1, 0.15) is 18.4 Å². The number of nitrogens with one attached hydrogen (secondary N) is 1. The van der Waals surface area contributed by atoms with E-state index in [0.29, 0.717) is 19.4 Å². The molecule has 7 nitrogen and oxygen atoms in total. The van der Waals surface area contributed by atoms with Crippen LogP contribution in [0.5, 0.6) is 0 Å². The molecule has 0 bridgehead atoms. The summed E-state index contributed by atoms with van der Waals surface area (Å²) in [5, 5.41) is 10.9. The molecule has 0 spiro atoms. The molecule has 2 rings (SSSR count). The first-order valence-corrected chi connectivity index (χ1v) is 8.81. The van der Waals surface area contributed by atoms with Gasteiger partial charge < -0.3 is 10.4 Å². The van der Waals surface area contributed by atoms with Crippen LogP contribution >= 0.6 is 0 Å². The largest absolute Gasteiger partial charge is 0.480 e. The highest BCUT2D eigenvalue weighted by atomic mass is 32.2. The van der Waals surface area contributed by atoms with Crippen LogP contribution in [0.3, 0.4) is 0 Å². The van der Waals surface area contributed by atoms with Crippen LogP contribution in [-0.4, -0.2) is 49.3 Å². The smallest absolute Gasteiger partial charge is 0.322 e. The molecule has 0 aliphatic carbocycles. The molecule has 1 aliphatic rings. The summed E-state index contributed by atoms with van der Waals surface area (Å²) in [4.78, 5) is 22.7. The Morgan fingerprint density at radius 2 is 1.96 bits per heavy atom. The van der Waals surface area contributed by atoms with Crippen molar-refractivity contribution < 1.29 is 23.1 Å². The first-order chi connectivity index (χ1) is 10.8. The first kappa shape index (κ1) is 17.4. The number of hydrogen-bond acceptors (Lipinski definition) is 4. The number of carboxylic acids is 1. The maximum Gasteiger partial charge on any atom is 0.322 e. The van der Waals surface area contributed by atoms with Gasteiger partial charge in [-0.05, 0) is 31.9 Å². The summed E-state index contributed by atoms with van der Waals surface area (Å²) in [7, 11) is -3.64. The molecule has 2 N–H and O–H groups in total. The third-order valence-corrected chi connectivity index (χ3v) is 5.71. The average molecular weight is 340 g/mol. The Kier molecular flexibility index (Phi) is 5.38. The third-order valence-electron chi connectivity index (χ3n) is 3.83. The minimum atomic E-state index is -3.64. The molecule has 126 valence electrons. The van der Waals surface area contributed by atoms with Gasteiger partial charge >= 0.3 is 5.97 Å². The maximum atomic E-state index is 12.6. The topological polar surface area (TPSA) is 104 Å². The van der Waals surface area contributed by atoms with Crippen LogP contribution in [-0.2, 0) is 19.6 Å². The first-order valence-electron chi connectivity index (χ1n) is 7.37. The summed E-state index contributed by atoms with van der Waals surface area (Å²) < 4.78 is 26.6. The fourth-order valence-corrected chi connectivity index (χ4v) is 4.06. The second kappa shape index (κ2) is 7.10. The van der Waals surface area contributed by atoms with E-state index in [-0.39, 0.29) is 11.4 Å². The zero-order chi connectivity index (χ0) is 17.0. The van der Waals surface area contributed by atoms with Crippen LogP contribution in [0.15, 0.2) is 29.2 Å². The minimum absolute atomic E-state index is 0.0711. The van der Waals surface area contributed by atoms with Crippen molar-refractivity contribution >= 4 is 21.9 Å². The zero-order valence-corrected chi connectivity index (χ0v) is 13.7. The number of piperidine rings is 1. The van der Waals surface area contributed by atoms with Crippen molar-refractivity contribution in [2.45, 2.75) is 24.7 Å². The van der Waals surface area contributed by atoms with Crippen molar-refractivity contribution in [1.29, 1.82) is 0 Å². The van der Waals surface area contributed by atoms with Crippen molar-refractivity contribution in [2.75, 3.05) is 19.6 Å². The second-order valence-electron chi connectivity index (χ2n) is 5.63. The van der Waals surface area contributed by atoms with Gasteiger partial charge in [0.25, 0.3) is 0 Å². The van der Waals surface area contributed by atoms with E-state index >= 15 is 0 Å². The fourth-order valence-electron chi connectivity index (χ4n) is 2.54. The number of carboxylic acid groups (broad SMARTS) is 1. The highest BCUT2D eigenvalue weighted by molar-refractivity contribution is 7.89. The summed E-state index contributed by atoms with van der Waals surface area (Å²) in [5.74, 6) is -2.07. The third kappa shape index (κ3) is 4.29. The van der Waals surface area contributed by atoms with E-state index in [0.717, 1.165) is 5.56 Å². The van der Waals surface area contributed by atoms with Gasteiger partial charge in [0.1, 0.15) is 6.54 Å². The van der Waals surface area contributed by atoms with Crippen molar-refractivity contribution in [3.05, 3.63) is 29.8 Å². The molecule has 1 fully saturated rings. The molecule has 1 aromatic rings. The van der Waals surface area contributed by atoms with Gasteiger partial charge in [0.15, 0.2) is 0 Å². The lowest BCUT2D eigenvalue weighted by atomic mass is 9.99. The standard InChI is InChI=1S/C15H20N2O5S/c1-11-4-6-13(7-5-11)23(21,22)17-8-2-3-12(10-17)15(20)16-9-14(18)19/h4-7,12H,2-3,8-10H2,1H3,(H,16,20)(H,18,19). The van der Waals surface area contributed by atoms with Crippen LogP contribution in [0.4, 0.5) is 0 Å². The summed E-state index contributed by atoms with van der Waals surface area (Å²) in [5.41, 5.74) is 0.966. The highest BCUT2D eigenvalue weighted by Crippen LogP contribution is 2.24. The SMILES string of the molecule is Cc1ccc(S(=O)(=O)N2CCCC(C(=O)NCC(=O)O)C2)cc1. The lowest BCUT2D eigenvalue weighted by Gasteiger charge is -2.31. The Morgan fingerprint density at radius 3 is 2.57 bits per heavy atom. The van der Waals surface area contributed by atoms with Crippen molar-refractivity contribution in [1.82, 2.24) is 9.62 Å². The van der Waals surface area contributed by atoms with Gasteiger partial charge in [0.05, 0.1) is 10.8 Å². The summed E-state index contributed by atoms with van der Waals surface area (Å²) in [6.07, 6.45) is 1.11. The number of aryl methyl sites for hydroxylation is 1. The van der Waals surface area contributed by atoms with E-state index in [2.05, 4.69) is 5.32 Å². The average Bonchev–Trinajstić information content (AvgIpc) is 2.53. The van der Waals surface area contributed by atoms with E-state index in [4.69, 9.17) is 5.11 Å². The second-order valence-corrected chi connectivity index (χ2v) is 7.56. The highest BCUT2D eigenvalue weighted by Gasteiger charge is 2.33. The van der Waals surface area contributed by atoms with Gasteiger partial charge in [-0.3, -0.25) is 9.59 Å². The van der Waals surface area contributed by atoms with E-state index in [9.17, 15) is 18.0 Å². The number of hydrogen-bond donors (Lipinski definition) is 2. The van der Waals surface area contributed by atoms with Gasteiger partial charge in [0, 0.05) is 13.1 Å². The predicted molar refractivity (Wildman–Crippen MR) is 83.3 cm³/mol. The van der Waals surface area contributed by atoms with E-state index in [1.165, 1.54) is 4.31 Å². The van der Waals surface area contributed by atoms with Crippen LogP contribution < -0.4 is 5.32 Å². The molecule has 1 atom stereocenters. The lowest BCUT2D eigenvalue weighted by molar-refractivity contribution is -0.138. The van der Waals surface area contributed by atoms with Gasteiger partial charge in [-0.1, -0.05) is 17.7 Å². The normalized spacial score (nSPS) is 19.3. The molecule has 0 saturated carbocycles. The Labute approximate surface area is 135 Å². The zero-order valence-electron chi connectivity index (χ0n) is 12.9. The van der Waals surface area contributed by atoms with Crippen molar-refractivity contribution in [3.8, 4) is 0 Å². The van der Waals surface area contributed by atoms with E-state index in [1.54, 1.807) is 24.3 Å². The Morgan fingerprint density at radius 1 is 1.30 bits per heavy atom. The molecule has 1 unspecified atom stereocenters. The molecule has 23 heavy (non-hydrogen) atoms. The molecule has 0 radical (unpaired) electrons. The van der Waals surface area contributed by atoms with Crippen LogP contribution in [0, 0.1) is 12.8 Å². The lowest BCUT2D eigenvalue weighted by Crippen LogP contribution is -2.46. The summed E-state index contributed by atoms with van der Waals surface area (Å²) in [6.45, 7) is 1.85. The molecule has 8 heteroatoms. The van der Waals surface area contributed by atoms with E-state index < -0.39 is 34.4 Å².